The molecule has 1 saturated heterocycles. The summed E-state index contributed by atoms with van der Waals surface area (Å²) in [6.07, 6.45) is 1.17. The van der Waals surface area contributed by atoms with Gasteiger partial charge in [0.1, 0.15) is 29.8 Å². The molecule has 1 atom stereocenters. The zero-order chi connectivity index (χ0) is 27.6. The van der Waals surface area contributed by atoms with Crippen molar-refractivity contribution in [3.8, 4) is 17.1 Å². The molecule has 1 aliphatic heterocycles. The summed E-state index contributed by atoms with van der Waals surface area (Å²) in [5.41, 5.74) is 1.37. The van der Waals surface area contributed by atoms with Gasteiger partial charge in [-0.15, -0.1) is 0 Å². The van der Waals surface area contributed by atoms with Crippen molar-refractivity contribution in [2.75, 3.05) is 6.54 Å². The lowest BCUT2D eigenvalue weighted by Crippen LogP contribution is -2.30. The molecular weight excluding hydrogens is 560 g/mol. The number of hydrogen-bond acceptors (Lipinski definition) is 6. The van der Waals surface area contributed by atoms with Crippen LogP contribution in [-0.4, -0.2) is 39.1 Å². The van der Waals surface area contributed by atoms with E-state index in [1.54, 1.807) is 6.92 Å². The Morgan fingerprint density at radius 2 is 1.85 bits per heavy atom. The zero-order valence-corrected chi connectivity index (χ0v) is 24.1. The normalized spacial score (nSPS) is 16.1. The van der Waals surface area contributed by atoms with Crippen LogP contribution in [0.25, 0.3) is 22.2 Å². The van der Waals surface area contributed by atoms with Crippen LogP contribution in [0.15, 0.2) is 74.7 Å². The summed E-state index contributed by atoms with van der Waals surface area (Å²) in [7, 11) is 0. The summed E-state index contributed by atoms with van der Waals surface area (Å²) in [5.74, 6) is 2.43. The SMILES string of the molecule is C/C(=N\C(=O)OC(C)(C)C)N1CCC[C@H]1c1nc(-c2ccc3cc(OCc4ccc(Br)cc4)ccc3c2)no1. The number of ether oxygens (including phenoxy) is 2. The number of amides is 1. The number of aromatic nitrogens is 2. The molecule has 0 radical (unpaired) electrons. The summed E-state index contributed by atoms with van der Waals surface area (Å²) in [5, 5.41) is 6.37. The molecular formula is C30H31BrN4O4. The standard InChI is InChI=1S/C30H31BrN4O4/c1-19(32-29(36)38-30(2,3)4)35-15-5-6-26(35)28-33-27(34-39-28)23-10-9-22-17-25(14-11-21(22)16-23)37-18-20-7-12-24(31)13-8-20/h7-14,16-17,26H,5-6,15,18H2,1-4H3/b32-19+/t26-/m0/s1. The number of rotatable bonds is 5. The van der Waals surface area contributed by atoms with Gasteiger partial charge in [-0.25, -0.2) is 4.79 Å². The fraction of sp³-hybridized carbons (Fsp3) is 0.333. The monoisotopic (exact) mass is 590 g/mol. The first-order valence-electron chi connectivity index (χ1n) is 12.9. The van der Waals surface area contributed by atoms with Crippen molar-refractivity contribution in [3.63, 3.8) is 0 Å². The molecule has 0 saturated carbocycles. The zero-order valence-electron chi connectivity index (χ0n) is 22.5. The number of aliphatic imine (C=N–C) groups is 1. The van der Waals surface area contributed by atoms with Crippen LogP contribution >= 0.6 is 15.9 Å². The minimum Gasteiger partial charge on any atom is -0.489 e. The van der Waals surface area contributed by atoms with E-state index >= 15 is 0 Å². The molecule has 4 aromatic rings. The number of hydrogen-bond donors (Lipinski definition) is 0. The van der Waals surface area contributed by atoms with Crippen molar-refractivity contribution in [2.45, 2.75) is 58.8 Å². The Labute approximate surface area is 236 Å². The van der Waals surface area contributed by atoms with Gasteiger partial charge in [-0.1, -0.05) is 51.4 Å². The maximum absolute atomic E-state index is 12.2. The third-order valence-corrected chi connectivity index (χ3v) is 6.96. The topological polar surface area (TPSA) is 90.0 Å². The third-order valence-electron chi connectivity index (χ3n) is 6.43. The van der Waals surface area contributed by atoms with Gasteiger partial charge in [-0.3, -0.25) is 0 Å². The summed E-state index contributed by atoms with van der Waals surface area (Å²) in [4.78, 5) is 23.1. The highest BCUT2D eigenvalue weighted by atomic mass is 79.9. The lowest BCUT2D eigenvalue weighted by molar-refractivity contribution is 0.0601. The molecule has 0 N–H and O–H groups in total. The molecule has 2 heterocycles. The first-order chi connectivity index (χ1) is 18.6. The fourth-order valence-corrected chi connectivity index (χ4v) is 4.84. The lowest BCUT2D eigenvalue weighted by atomic mass is 10.1. The Bertz CT molecular complexity index is 1510. The highest BCUT2D eigenvalue weighted by molar-refractivity contribution is 9.10. The van der Waals surface area contributed by atoms with E-state index in [-0.39, 0.29) is 6.04 Å². The van der Waals surface area contributed by atoms with E-state index in [0.29, 0.717) is 24.2 Å². The van der Waals surface area contributed by atoms with Gasteiger partial charge in [0.2, 0.25) is 11.7 Å². The summed E-state index contributed by atoms with van der Waals surface area (Å²) >= 11 is 3.46. The van der Waals surface area contributed by atoms with Crippen LogP contribution in [-0.2, 0) is 11.3 Å². The fourth-order valence-electron chi connectivity index (χ4n) is 4.58. The van der Waals surface area contributed by atoms with E-state index in [0.717, 1.165) is 51.5 Å². The summed E-state index contributed by atoms with van der Waals surface area (Å²) in [6, 6.07) is 20.1. The lowest BCUT2D eigenvalue weighted by Gasteiger charge is -2.24. The summed E-state index contributed by atoms with van der Waals surface area (Å²) in [6.45, 7) is 8.52. The molecule has 3 aromatic carbocycles. The van der Waals surface area contributed by atoms with Gasteiger partial charge < -0.3 is 18.9 Å². The van der Waals surface area contributed by atoms with Crippen LogP contribution in [0, 0.1) is 0 Å². The minimum absolute atomic E-state index is 0.136. The Hall–Kier alpha value is -3.72. The number of amidine groups is 1. The highest BCUT2D eigenvalue weighted by Gasteiger charge is 2.32. The predicted molar refractivity (Wildman–Crippen MR) is 154 cm³/mol. The van der Waals surface area contributed by atoms with Gasteiger partial charge >= 0.3 is 6.09 Å². The number of benzene rings is 3. The van der Waals surface area contributed by atoms with Crippen LogP contribution in [0.3, 0.4) is 0 Å². The van der Waals surface area contributed by atoms with Crippen molar-refractivity contribution < 1.29 is 18.8 Å². The molecule has 39 heavy (non-hydrogen) atoms. The number of fused-ring (bicyclic) bond motifs is 1. The Balaban J connectivity index is 1.28. The Morgan fingerprint density at radius 3 is 2.62 bits per heavy atom. The molecule has 0 unspecified atom stereocenters. The first kappa shape index (κ1) is 26.9. The minimum atomic E-state index is -0.602. The van der Waals surface area contributed by atoms with Gasteiger partial charge in [-0.2, -0.15) is 9.98 Å². The number of halogens is 1. The average molecular weight is 592 g/mol. The second kappa shape index (κ2) is 11.2. The number of carbonyl (C=O) groups excluding carboxylic acids is 1. The molecule has 1 aromatic heterocycles. The van der Waals surface area contributed by atoms with Gasteiger partial charge in [0.15, 0.2) is 0 Å². The molecule has 8 nitrogen and oxygen atoms in total. The van der Waals surface area contributed by atoms with E-state index < -0.39 is 11.7 Å². The molecule has 0 aliphatic carbocycles. The third kappa shape index (κ3) is 6.65. The van der Waals surface area contributed by atoms with Gasteiger partial charge in [0, 0.05) is 16.6 Å². The van der Waals surface area contributed by atoms with Crippen LogP contribution in [0.5, 0.6) is 5.75 Å². The van der Waals surface area contributed by atoms with E-state index in [9.17, 15) is 4.79 Å². The molecule has 1 fully saturated rings. The second-order valence-corrected chi connectivity index (χ2v) is 11.5. The van der Waals surface area contributed by atoms with Crippen molar-refractivity contribution in [3.05, 3.63) is 76.6 Å². The number of carbonyl (C=O) groups is 1. The second-order valence-electron chi connectivity index (χ2n) is 10.6. The Morgan fingerprint density at radius 1 is 1.10 bits per heavy atom. The smallest absolute Gasteiger partial charge is 0.435 e. The molecule has 1 aliphatic rings. The maximum Gasteiger partial charge on any atom is 0.435 e. The molecule has 0 spiro atoms. The number of nitrogens with zero attached hydrogens (tertiary/aromatic N) is 4. The number of likely N-dealkylation sites (tertiary alicyclic amines) is 1. The molecule has 1 amide bonds. The van der Waals surface area contributed by atoms with E-state index in [2.05, 4.69) is 26.1 Å². The molecule has 202 valence electrons. The van der Waals surface area contributed by atoms with Gasteiger partial charge in [-0.05, 0) is 87.2 Å². The molecule has 0 bridgehead atoms. The predicted octanol–water partition coefficient (Wildman–Crippen LogP) is 7.72. The largest absolute Gasteiger partial charge is 0.489 e. The average Bonchev–Trinajstić information content (AvgIpc) is 3.57. The highest BCUT2D eigenvalue weighted by Crippen LogP contribution is 2.33. The van der Waals surface area contributed by atoms with Crippen molar-refractivity contribution >= 4 is 38.6 Å². The quantitative estimate of drug-likeness (QED) is 0.173. The van der Waals surface area contributed by atoms with Crippen LogP contribution in [0.2, 0.25) is 0 Å². The first-order valence-corrected chi connectivity index (χ1v) is 13.7. The molecule has 5 rings (SSSR count). The van der Waals surface area contributed by atoms with Gasteiger partial charge in [0.25, 0.3) is 0 Å². The van der Waals surface area contributed by atoms with Crippen LogP contribution < -0.4 is 4.74 Å². The van der Waals surface area contributed by atoms with Gasteiger partial charge in [0.05, 0.1) is 0 Å². The van der Waals surface area contributed by atoms with Crippen LogP contribution in [0.4, 0.5) is 4.79 Å². The van der Waals surface area contributed by atoms with E-state index in [4.69, 9.17) is 19.0 Å². The molecule has 9 heteroatoms. The van der Waals surface area contributed by atoms with Crippen LogP contribution in [0.1, 0.15) is 58.0 Å². The van der Waals surface area contributed by atoms with E-state index in [1.807, 2.05) is 86.3 Å². The Kier molecular flexibility index (Phi) is 7.70. The van der Waals surface area contributed by atoms with E-state index in [1.165, 1.54) is 0 Å². The van der Waals surface area contributed by atoms with Crippen molar-refractivity contribution in [1.29, 1.82) is 0 Å². The van der Waals surface area contributed by atoms with Crippen molar-refractivity contribution in [1.82, 2.24) is 15.0 Å². The van der Waals surface area contributed by atoms with Crippen molar-refractivity contribution in [2.24, 2.45) is 4.99 Å². The maximum atomic E-state index is 12.2. The summed E-state index contributed by atoms with van der Waals surface area (Å²) < 4.78 is 18.1.